The molecule has 0 saturated heterocycles. The van der Waals surface area contributed by atoms with E-state index in [9.17, 15) is 9.50 Å². The Kier molecular flexibility index (Phi) is 2.37. The SMILES string of the molecule is Cc1cc(-c2cc(O)cc(F)c2)ccn1. The van der Waals surface area contributed by atoms with Crippen LogP contribution in [0.25, 0.3) is 11.1 Å². The number of aromatic nitrogens is 1. The molecule has 0 aliphatic carbocycles. The number of benzene rings is 1. The summed E-state index contributed by atoms with van der Waals surface area (Å²) in [5.74, 6) is -0.515. The molecule has 1 heterocycles. The lowest BCUT2D eigenvalue weighted by molar-refractivity contribution is 0.469. The number of hydrogen-bond donors (Lipinski definition) is 1. The normalized spacial score (nSPS) is 10.3. The predicted octanol–water partition coefficient (Wildman–Crippen LogP) is 2.90. The first-order valence-electron chi connectivity index (χ1n) is 4.58. The van der Waals surface area contributed by atoms with Gasteiger partial charge in [0.05, 0.1) is 0 Å². The fraction of sp³-hybridized carbons (Fsp3) is 0.0833. The Hall–Kier alpha value is -1.90. The van der Waals surface area contributed by atoms with E-state index in [0.717, 1.165) is 17.3 Å². The zero-order valence-corrected chi connectivity index (χ0v) is 8.24. The second-order valence-corrected chi connectivity index (χ2v) is 3.38. The number of phenols is 1. The monoisotopic (exact) mass is 203 g/mol. The molecule has 76 valence electrons. The Bertz CT molecular complexity index is 476. The smallest absolute Gasteiger partial charge is 0.127 e. The van der Waals surface area contributed by atoms with Gasteiger partial charge in [-0.25, -0.2) is 4.39 Å². The number of pyridine rings is 1. The Labute approximate surface area is 87.0 Å². The van der Waals surface area contributed by atoms with E-state index in [-0.39, 0.29) is 5.75 Å². The number of aromatic hydroxyl groups is 1. The van der Waals surface area contributed by atoms with Crippen LogP contribution in [-0.2, 0) is 0 Å². The largest absolute Gasteiger partial charge is 0.508 e. The standard InChI is InChI=1S/C12H10FNO/c1-8-4-9(2-3-14-8)10-5-11(13)7-12(15)6-10/h2-7,15H,1H3. The van der Waals surface area contributed by atoms with E-state index < -0.39 is 5.82 Å². The van der Waals surface area contributed by atoms with Gasteiger partial charge in [0.15, 0.2) is 0 Å². The lowest BCUT2D eigenvalue weighted by Crippen LogP contribution is -1.84. The molecule has 2 nitrogen and oxygen atoms in total. The van der Waals surface area contributed by atoms with Crippen LogP contribution in [0.15, 0.2) is 36.5 Å². The number of halogens is 1. The lowest BCUT2D eigenvalue weighted by atomic mass is 10.1. The summed E-state index contributed by atoms with van der Waals surface area (Å²) in [5.41, 5.74) is 2.35. The van der Waals surface area contributed by atoms with Crippen LogP contribution in [0.1, 0.15) is 5.69 Å². The fourth-order valence-electron chi connectivity index (χ4n) is 1.47. The van der Waals surface area contributed by atoms with E-state index >= 15 is 0 Å². The summed E-state index contributed by atoms with van der Waals surface area (Å²) in [6.07, 6.45) is 1.66. The molecule has 0 aliphatic heterocycles. The topological polar surface area (TPSA) is 33.1 Å². The van der Waals surface area contributed by atoms with Crippen LogP contribution in [0.5, 0.6) is 5.75 Å². The molecule has 0 saturated carbocycles. The van der Waals surface area contributed by atoms with Crippen molar-refractivity contribution in [2.45, 2.75) is 6.92 Å². The summed E-state index contributed by atoms with van der Waals surface area (Å²) in [4.78, 5) is 4.05. The van der Waals surface area contributed by atoms with Crippen molar-refractivity contribution in [3.8, 4) is 16.9 Å². The maximum absolute atomic E-state index is 13.0. The Morgan fingerprint density at radius 1 is 1.13 bits per heavy atom. The average Bonchev–Trinajstić information content (AvgIpc) is 2.16. The third-order valence-corrected chi connectivity index (χ3v) is 2.11. The molecule has 1 aromatic carbocycles. The van der Waals surface area contributed by atoms with Gasteiger partial charge in [0.1, 0.15) is 11.6 Å². The summed E-state index contributed by atoms with van der Waals surface area (Å²) in [7, 11) is 0. The van der Waals surface area contributed by atoms with Gasteiger partial charge in [-0.15, -0.1) is 0 Å². The molecule has 0 spiro atoms. The van der Waals surface area contributed by atoms with E-state index in [1.807, 2.05) is 13.0 Å². The highest BCUT2D eigenvalue weighted by Gasteiger charge is 2.02. The average molecular weight is 203 g/mol. The third kappa shape index (κ3) is 2.13. The molecule has 0 amide bonds. The van der Waals surface area contributed by atoms with E-state index in [1.54, 1.807) is 12.3 Å². The molecule has 2 rings (SSSR count). The van der Waals surface area contributed by atoms with Crippen molar-refractivity contribution in [1.29, 1.82) is 0 Å². The zero-order valence-electron chi connectivity index (χ0n) is 8.24. The van der Waals surface area contributed by atoms with Crippen molar-refractivity contribution in [3.05, 3.63) is 48.0 Å². The van der Waals surface area contributed by atoms with Crippen LogP contribution >= 0.6 is 0 Å². The van der Waals surface area contributed by atoms with Crippen molar-refractivity contribution in [1.82, 2.24) is 4.98 Å². The molecule has 2 aromatic rings. The molecule has 15 heavy (non-hydrogen) atoms. The second-order valence-electron chi connectivity index (χ2n) is 3.38. The second kappa shape index (κ2) is 3.69. The van der Waals surface area contributed by atoms with Crippen LogP contribution in [0.2, 0.25) is 0 Å². The maximum atomic E-state index is 13.0. The van der Waals surface area contributed by atoms with Crippen LogP contribution in [0.4, 0.5) is 4.39 Å². The van der Waals surface area contributed by atoms with Gasteiger partial charge in [-0.1, -0.05) is 0 Å². The van der Waals surface area contributed by atoms with E-state index in [1.165, 1.54) is 12.1 Å². The van der Waals surface area contributed by atoms with Crippen LogP contribution in [0, 0.1) is 12.7 Å². The van der Waals surface area contributed by atoms with Crippen molar-refractivity contribution < 1.29 is 9.50 Å². The molecule has 0 unspecified atom stereocenters. The zero-order chi connectivity index (χ0) is 10.8. The summed E-state index contributed by atoms with van der Waals surface area (Å²) in [6.45, 7) is 1.86. The van der Waals surface area contributed by atoms with Crippen molar-refractivity contribution in [2.24, 2.45) is 0 Å². The number of rotatable bonds is 1. The summed E-state index contributed by atoms with van der Waals surface area (Å²) in [6, 6.07) is 7.61. The van der Waals surface area contributed by atoms with Crippen LogP contribution < -0.4 is 0 Å². The number of hydrogen-bond acceptors (Lipinski definition) is 2. The minimum absolute atomic E-state index is 0.0699. The van der Waals surface area contributed by atoms with Gasteiger partial charge in [-0.2, -0.15) is 0 Å². The first kappa shape index (κ1) is 9.65. The van der Waals surface area contributed by atoms with Crippen LogP contribution in [0.3, 0.4) is 0 Å². The minimum Gasteiger partial charge on any atom is -0.508 e. The molecular weight excluding hydrogens is 193 g/mol. The van der Waals surface area contributed by atoms with Crippen molar-refractivity contribution in [3.63, 3.8) is 0 Å². The summed E-state index contributed by atoms with van der Waals surface area (Å²) in [5, 5.41) is 9.27. The molecule has 1 aromatic heterocycles. The number of nitrogens with zero attached hydrogens (tertiary/aromatic N) is 1. The van der Waals surface area contributed by atoms with Crippen molar-refractivity contribution in [2.75, 3.05) is 0 Å². The predicted molar refractivity (Wildman–Crippen MR) is 56.0 cm³/mol. The Morgan fingerprint density at radius 2 is 1.93 bits per heavy atom. The van der Waals surface area contributed by atoms with E-state index in [2.05, 4.69) is 4.98 Å². The number of aryl methyl sites for hydroxylation is 1. The molecule has 0 radical (unpaired) electrons. The molecule has 0 atom stereocenters. The molecule has 0 fully saturated rings. The van der Waals surface area contributed by atoms with Gasteiger partial charge >= 0.3 is 0 Å². The molecule has 0 aliphatic rings. The van der Waals surface area contributed by atoms with Gasteiger partial charge in [0.2, 0.25) is 0 Å². The van der Waals surface area contributed by atoms with Gasteiger partial charge in [0, 0.05) is 18.0 Å². The maximum Gasteiger partial charge on any atom is 0.127 e. The molecular formula is C12H10FNO. The van der Waals surface area contributed by atoms with E-state index in [0.29, 0.717) is 5.56 Å². The van der Waals surface area contributed by atoms with Gasteiger partial charge in [-0.05, 0) is 42.3 Å². The molecule has 3 heteroatoms. The quantitative estimate of drug-likeness (QED) is 0.773. The van der Waals surface area contributed by atoms with Gasteiger partial charge in [-0.3, -0.25) is 4.98 Å². The summed E-state index contributed by atoms with van der Waals surface area (Å²) >= 11 is 0. The highest BCUT2D eigenvalue weighted by atomic mass is 19.1. The Balaban J connectivity index is 2.54. The van der Waals surface area contributed by atoms with Crippen molar-refractivity contribution >= 4 is 0 Å². The Morgan fingerprint density at radius 3 is 2.60 bits per heavy atom. The molecule has 0 bridgehead atoms. The van der Waals surface area contributed by atoms with Gasteiger partial charge in [0.25, 0.3) is 0 Å². The van der Waals surface area contributed by atoms with Gasteiger partial charge < -0.3 is 5.11 Å². The molecule has 1 N–H and O–H groups in total. The third-order valence-electron chi connectivity index (χ3n) is 2.11. The number of phenolic OH excluding ortho intramolecular Hbond substituents is 1. The first-order chi connectivity index (χ1) is 7.15. The highest BCUT2D eigenvalue weighted by molar-refractivity contribution is 5.65. The first-order valence-corrected chi connectivity index (χ1v) is 4.58. The lowest BCUT2D eigenvalue weighted by Gasteiger charge is -2.03. The minimum atomic E-state index is -0.445. The highest BCUT2D eigenvalue weighted by Crippen LogP contribution is 2.24. The van der Waals surface area contributed by atoms with Crippen LogP contribution in [-0.4, -0.2) is 10.1 Å². The van der Waals surface area contributed by atoms with E-state index in [4.69, 9.17) is 0 Å². The fourth-order valence-corrected chi connectivity index (χ4v) is 1.47. The summed E-state index contributed by atoms with van der Waals surface area (Å²) < 4.78 is 13.0.